The molecule has 3 N–H and O–H groups in total. The Bertz CT molecular complexity index is 442. The lowest BCUT2D eigenvalue weighted by Crippen LogP contribution is -2.29. The van der Waals surface area contributed by atoms with Gasteiger partial charge in [0, 0.05) is 18.7 Å². The lowest BCUT2D eigenvalue weighted by Gasteiger charge is -2.09. The van der Waals surface area contributed by atoms with Crippen LogP contribution in [0.15, 0.2) is 24.3 Å². The molecule has 1 amide bonds. The Morgan fingerprint density at radius 2 is 1.95 bits per heavy atom. The minimum absolute atomic E-state index is 0. The van der Waals surface area contributed by atoms with Gasteiger partial charge in [0.15, 0.2) is 0 Å². The first-order valence-corrected chi connectivity index (χ1v) is 6.13. The fourth-order valence-corrected chi connectivity index (χ4v) is 1.55. The molecule has 0 aliphatic heterocycles. The fourth-order valence-electron chi connectivity index (χ4n) is 1.55. The number of benzene rings is 1. The molecule has 0 heterocycles. The van der Waals surface area contributed by atoms with E-state index < -0.39 is 12.8 Å². The molecule has 4 nitrogen and oxygen atoms in total. The zero-order valence-electron chi connectivity index (χ0n) is 11.3. The van der Waals surface area contributed by atoms with Gasteiger partial charge < -0.3 is 15.8 Å². The van der Waals surface area contributed by atoms with Gasteiger partial charge in [0.05, 0.1) is 6.61 Å². The van der Waals surface area contributed by atoms with Gasteiger partial charge in [0.1, 0.15) is 6.61 Å². The van der Waals surface area contributed by atoms with E-state index in [0.717, 1.165) is 5.56 Å². The SMILES string of the molecule is Cl.Nc1ccccc1CCC(=O)NCCOCC(F)(F)F. The molecule has 0 spiro atoms. The topological polar surface area (TPSA) is 64.4 Å². The molecule has 0 aliphatic carbocycles. The minimum atomic E-state index is -4.34. The first-order chi connectivity index (χ1) is 9.38. The second-order valence-corrected chi connectivity index (χ2v) is 4.22. The molecule has 21 heavy (non-hydrogen) atoms. The number of alkyl halides is 3. The largest absolute Gasteiger partial charge is 0.411 e. The summed E-state index contributed by atoms with van der Waals surface area (Å²) in [6.45, 7) is -1.42. The number of halogens is 4. The van der Waals surface area contributed by atoms with Crippen LogP contribution in [0.5, 0.6) is 0 Å². The second kappa shape index (κ2) is 9.46. The summed E-state index contributed by atoms with van der Waals surface area (Å²) in [5.41, 5.74) is 7.22. The third kappa shape index (κ3) is 9.14. The Balaban J connectivity index is 0.00000400. The van der Waals surface area contributed by atoms with Crippen molar-refractivity contribution in [3.63, 3.8) is 0 Å². The highest BCUT2D eigenvalue weighted by Gasteiger charge is 2.27. The van der Waals surface area contributed by atoms with Crippen molar-refractivity contribution in [1.29, 1.82) is 0 Å². The molecule has 0 unspecified atom stereocenters. The molecule has 0 saturated heterocycles. The number of anilines is 1. The molecule has 1 rings (SSSR count). The molecular formula is C13H18ClF3N2O2. The number of hydrogen-bond acceptors (Lipinski definition) is 3. The van der Waals surface area contributed by atoms with Crippen LogP contribution >= 0.6 is 12.4 Å². The van der Waals surface area contributed by atoms with Crippen LogP contribution in [0.25, 0.3) is 0 Å². The molecule has 0 atom stereocenters. The number of aryl methyl sites for hydroxylation is 1. The molecular weight excluding hydrogens is 309 g/mol. The van der Waals surface area contributed by atoms with Gasteiger partial charge in [-0.1, -0.05) is 18.2 Å². The molecule has 8 heteroatoms. The van der Waals surface area contributed by atoms with Crippen LogP contribution in [0.3, 0.4) is 0 Å². The van der Waals surface area contributed by atoms with E-state index in [-0.39, 0.29) is 37.9 Å². The van der Waals surface area contributed by atoms with Gasteiger partial charge in [-0.15, -0.1) is 12.4 Å². The van der Waals surface area contributed by atoms with Crippen molar-refractivity contribution in [2.45, 2.75) is 19.0 Å². The molecule has 0 bridgehead atoms. The Kier molecular flexibility index (Phi) is 8.80. The number of nitrogens with one attached hydrogen (secondary N) is 1. The summed E-state index contributed by atoms with van der Waals surface area (Å²) < 4.78 is 39.7. The van der Waals surface area contributed by atoms with E-state index in [4.69, 9.17) is 5.73 Å². The van der Waals surface area contributed by atoms with E-state index in [0.29, 0.717) is 12.1 Å². The number of amides is 1. The van der Waals surface area contributed by atoms with Gasteiger partial charge in [-0.2, -0.15) is 13.2 Å². The number of para-hydroxylation sites is 1. The third-order valence-electron chi connectivity index (χ3n) is 2.51. The van der Waals surface area contributed by atoms with Crippen LogP contribution in [0.1, 0.15) is 12.0 Å². The summed E-state index contributed by atoms with van der Waals surface area (Å²) in [5, 5.41) is 2.49. The number of carbonyl (C=O) groups is 1. The highest BCUT2D eigenvalue weighted by molar-refractivity contribution is 5.85. The van der Waals surface area contributed by atoms with E-state index in [2.05, 4.69) is 10.1 Å². The summed E-state index contributed by atoms with van der Waals surface area (Å²) in [4.78, 5) is 11.5. The van der Waals surface area contributed by atoms with Crippen molar-refractivity contribution in [1.82, 2.24) is 5.32 Å². The van der Waals surface area contributed by atoms with Crippen LogP contribution < -0.4 is 11.1 Å². The zero-order chi connectivity index (χ0) is 15.0. The van der Waals surface area contributed by atoms with Crippen molar-refractivity contribution >= 4 is 24.0 Å². The maximum absolute atomic E-state index is 11.8. The summed E-state index contributed by atoms with van der Waals surface area (Å²) in [6.07, 6.45) is -3.62. The fraction of sp³-hybridized carbons (Fsp3) is 0.462. The maximum atomic E-state index is 11.8. The summed E-state index contributed by atoms with van der Waals surface area (Å²) in [6, 6.07) is 7.21. The number of ether oxygens (including phenoxy) is 1. The molecule has 1 aromatic rings. The predicted octanol–water partition coefficient (Wildman–Crippen LogP) is 2.32. The average Bonchev–Trinajstić information content (AvgIpc) is 2.36. The van der Waals surface area contributed by atoms with Crippen molar-refractivity contribution < 1.29 is 22.7 Å². The van der Waals surface area contributed by atoms with Gasteiger partial charge in [0.25, 0.3) is 0 Å². The Morgan fingerprint density at radius 1 is 1.29 bits per heavy atom. The van der Waals surface area contributed by atoms with Crippen molar-refractivity contribution in [2.75, 3.05) is 25.5 Å². The first kappa shape index (κ1) is 19.5. The number of carbonyl (C=O) groups excluding carboxylic acids is 1. The van der Waals surface area contributed by atoms with E-state index in [9.17, 15) is 18.0 Å². The minimum Gasteiger partial charge on any atom is -0.399 e. The van der Waals surface area contributed by atoms with Gasteiger partial charge in [-0.3, -0.25) is 4.79 Å². The van der Waals surface area contributed by atoms with Gasteiger partial charge in [0.2, 0.25) is 5.91 Å². The lowest BCUT2D eigenvalue weighted by atomic mass is 10.1. The van der Waals surface area contributed by atoms with Crippen LogP contribution in [-0.4, -0.2) is 31.8 Å². The maximum Gasteiger partial charge on any atom is 0.411 e. The van der Waals surface area contributed by atoms with E-state index in [1.54, 1.807) is 12.1 Å². The number of hydrogen-bond donors (Lipinski definition) is 2. The molecule has 0 saturated carbocycles. The van der Waals surface area contributed by atoms with Gasteiger partial charge in [-0.25, -0.2) is 0 Å². The van der Waals surface area contributed by atoms with E-state index >= 15 is 0 Å². The van der Waals surface area contributed by atoms with E-state index in [1.807, 2.05) is 12.1 Å². The summed E-state index contributed by atoms with van der Waals surface area (Å²) >= 11 is 0. The summed E-state index contributed by atoms with van der Waals surface area (Å²) in [5.74, 6) is -0.246. The van der Waals surface area contributed by atoms with Crippen LogP contribution in [-0.2, 0) is 16.0 Å². The third-order valence-corrected chi connectivity index (χ3v) is 2.51. The molecule has 0 aromatic heterocycles. The predicted molar refractivity (Wildman–Crippen MR) is 76.3 cm³/mol. The quantitative estimate of drug-likeness (QED) is 0.597. The van der Waals surface area contributed by atoms with Crippen molar-refractivity contribution in [3.8, 4) is 0 Å². The molecule has 0 aliphatic rings. The van der Waals surface area contributed by atoms with Crippen molar-refractivity contribution in [2.24, 2.45) is 0 Å². The standard InChI is InChI=1S/C13H17F3N2O2.ClH/c14-13(15,16)9-20-8-7-18-12(19)6-5-10-3-1-2-4-11(10)17;/h1-4H,5-9,17H2,(H,18,19);1H. The number of nitrogen functional groups attached to an aromatic ring is 1. The molecule has 120 valence electrons. The van der Waals surface area contributed by atoms with Gasteiger partial charge >= 0.3 is 6.18 Å². The van der Waals surface area contributed by atoms with Crippen LogP contribution in [0.2, 0.25) is 0 Å². The second-order valence-electron chi connectivity index (χ2n) is 4.22. The number of nitrogens with two attached hydrogens (primary N) is 1. The zero-order valence-corrected chi connectivity index (χ0v) is 12.1. The average molecular weight is 327 g/mol. The number of rotatable bonds is 7. The normalized spacial score (nSPS) is 10.8. The Labute approximate surface area is 127 Å². The van der Waals surface area contributed by atoms with E-state index in [1.165, 1.54) is 0 Å². The highest BCUT2D eigenvalue weighted by Crippen LogP contribution is 2.14. The lowest BCUT2D eigenvalue weighted by molar-refractivity contribution is -0.173. The van der Waals surface area contributed by atoms with Crippen molar-refractivity contribution in [3.05, 3.63) is 29.8 Å². The van der Waals surface area contributed by atoms with Crippen LogP contribution in [0, 0.1) is 0 Å². The van der Waals surface area contributed by atoms with Crippen LogP contribution in [0.4, 0.5) is 18.9 Å². The first-order valence-electron chi connectivity index (χ1n) is 6.13. The monoisotopic (exact) mass is 326 g/mol. The summed E-state index contributed by atoms with van der Waals surface area (Å²) in [7, 11) is 0. The molecule has 0 radical (unpaired) electrons. The molecule has 0 fully saturated rings. The molecule has 1 aromatic carbocycles. The Hall–Kier alpha value is -1.47. The van der Waals surface area contributed by atoms with Gasteiger partial charge in [-0.05, 0) is 18.1 Å². The Morgan fingerprint density at radius 3 is 2.57 bits per heavy atom. The smallest absolute Gasteiger partial charge is 0.399 e. The highest BCUT2D eigenvalue weighted by atomic mass is 35.5.